The number of rotatable bonds is 8. The van der Waals surface area contributed by atoms with Gasteiger partial charge in [0.05, 0.1) is 43.5 Å². The number of ketones is 1. The standard InChI is InChI=1S/C31H31N3O6/c1-6-40-25-14-9-19(15-22(25)17(2)3)28(35)26-27(18-7-10-20(38-4)11-8-18)34(30(37)29(26)36)31-32-23-13-12-21(39-5)16-24(23)33-31/h7-17,27,35H,6H2,1-5H3,(H,32,33)/b28-26+. The van der Waals surface area contributed by atoms with Gasteiger partial charge in [-0.15, -0.1) is 0 Å². The van der Waals surface area contributed by atoms with Crippen molar-refractivity contribution in [1.82, 2.24) is 9.97 Å². The Morgan fingerprint density at radius 3 is 2.35 bits per heavy atom. The van der Waals surface area contributed by atoms with E-state index in [1.165, 1.54) is 4.90 Å². The van der Waals surface area contributed by atoms with Gasteiger partial charge in [0, 0.05) is 11.6 Å². The molecular weight excluding hydrogens is 510 g/mol. The Kier molecular flexibility index (Phi) is 7.21. The van der Waals surface area contributed by atoms with Gasteiger partial charge in [0.25, 0.3) is 5.78 Å². The van der Waals surface area contributed by atoms with Crippen molar-refractivity contribution in [1.29, 1.82) is 0 Å². The van der Waals surface area contributed by atoms with Gasteiger partial charge in [-0.05, 0) is 66.4 Å². The molecule has 1 unspecified atom stereocenters. The van der Waals surface area contributed by atoms with Crippen LogP contribution in [-0.2, 0) is 9.59 Å². The number of hydrogen-bond acceptors (Lipinski definition) is 7. The lowest BCUT2D eigenvalue weighted by molar-refractivity contribution is -0.132. The first-order chi connectivity index (χ1) is 19.3. The molecule has 0 spiro atoms. The van der Waals surface area contributed by atoms with Crippen LogP contribution in [0, 0.1) is 0 Å². The lowest BCUT2D eigenvalue weighted by Crippen LogP contribution is -2.30. The van der Waals surface area contributed by atoms with Crippen LogP contribution < -0.4 is 19.1 Å². The zero-order valence-corrected chi connectivity index (χ0v) is 23.0. The third-order valence-electron chi connectivity index (χ3n) is 6.99. The quantitative estimate of drug-likeness (QED) is 0.166. The largest absolute Gasteiger partial charge is 0.507 e. The van der Waals surface area contributed by atoms with E-state index in [9.17, 15) is 14.7 Å². The second-order valence-corrected chi connectivity index (χ2v) is 9.73. The molecule has 1 aliphatic heterocycles. The van der Waals surface area contributed by atoms with E-state index in [0.717, 1.165) is 5.56 Å². The zero-order chi connectivity index (χ0) is 28.6. The maximum Gasteiger partial charge on any atom is 0.302 e. The summed E-state index contributed by atoms with van der Waals surface area (Å²) in [6.45, 7) is 6.45. The van der Waals surface area contributed by atoms with Crippen LogP contribution in [0.4, 0.5) is 5.95 Å². The fourth-order valence-electron chi connectivity index (χ4n) is 4.96. The van der Waals surface area contributed by atoms with Gasteiger partial charge in [-0.1, -0.05) is 26.0 Å². The number of benzene rings is 3. The highest BCUT2D eigenvalue weighted by Crippen LogP contribution is 2.43. The first kappa shape index (κ1) is 26.8. The van der Waals surface area contributed by atoms with E-state index < -0.39 is 17.7 Å². The number of hydrogen-bond donors (Lipinski definition) is 2. The molecule has 1 atom stereocenters. The molecule has 5 rings (SSSR count). The Balaban J connectivity index is 1.70. The number of nitrogens with one attached hydrogen (secondary N) is 1. The van der Waals surface area contributed by atoms with Gasteiger partial charge in [0.1, 0.15) is 23.0 Å². The van der Waals surface area contributed by atoms with Crippen molar-refractivity contribution in [3.63, 3.8) is 0 Å². The molecule has 4 aromatic rings. The summed E-state index contributed by atoms with van der Waals surface area (Å²) in [5.74, 6) is 0.335. The molecule has 2 heterocycles. The first-order valence-corrected chi connectivity index (χ1v) is 13.0. The summed E-state index contributed by atoms with van der Waals surface area (Å²) in [6.07, 6.45) is 0. The van der Waals surface area contributed by atoms with Crippen LogP contribution in [0.15, 0.2) is 66.2 Å². The van der Waals surface area contributed by atoms with Crippen molar-refractivity contribution >= 4 is 34.4 Å². The number of aliphatic hydroxyl groups excluding tert-OH is 1. The summed E-state index contributed by atoms with van der Waals surface area (Å²) in [5, 5.41) is 11.6. The molecule has 0 bridgehead atoms. The highest BCUT2D eigenvalue weighted by Gasteiger charge is 2.48. The van der Waals surface area contributed by atoms with Crippen LogP contribution in [0.2, 0.25) is 0 Å². The topological polar surface area (TPSA) is 114 Å². The monoisotopic (exact) mass is 541 g/mol. The highest BCUT2D eigenvalue weighted by atomic mass is 16.5. The number of methoxy groups -OCH3 is 2. The number of aromatic nitrogens is 2. The van der Waals surface area contributed by atoms with Crippen molar-refractivity contribution in [2.45, 2.75) is 32.7 Å². The van der Waals surface area contributed by atoms with Crippen molar-refractivity contribution < 1.29 is 28.9 Å². The fourth-order valence-corrected chi connectivity index (χ4v) is 4.96. The maximum atomic E-state index is 13.6. The molecular formula is C31H31N3O6. The molecule has 9 nitrogen and oxygen atoms in total. The Hall–Kier alpha value is -4.79. The number of amides is 1. The SMILES string of the molecule is CCOc1ccc(/C(O)=C2\C(=O)C(=O)N(c3nc4ccc(OC)cc4[nH]3)C2c2ccc(OC)cc2)cc1C(C)C. The summed E-state index contributed by atoms with van der Waals surface area (Å²) in [6, 6.07) is 16.6. The summed E-state index contributed by atoms with van der Waals surface area (Å²) in [7, 11) is 3.12. The summed E-state index contributed by atoms with van der Waals surface area (Å²) in [4.78, 5) is 36.2. The second-order valence-electron chi connectivity index (χ2n) is 9.73. The summed E-state index contributed by atoms with van der Waals surface area (Å²) < 4.78 is 16.4. The van der Waals surface area contributed by atoms with Gasteiger partial charge in [-0.25, -0.2) is 4.98 Å². The predicted molar refractivity (Wildman–Crippen MR) is 152 cm³/mol. The molecule has 2 N–H and O–H groups in total. The number of H-pyrrole nitrogens is 1. The van der Waals surface area contributed by atoms with E-state index in [1.807, 2.05) is 20.8 Å². The molecule has 1 saturated heterocycles. The number of carbonyl (C=O) groups excluding carboxylic acids is 2. The van der Waals surface area contributed by atoms with E-state index >= 15 is 0 Å². The van der Waals surface area contributed by atoms with Crippen molar-refractivity contribution in [2.24, 2.45) is 0 Å². The molecule has 1 aliphatic rings. The number of ether oxygens (including phenoxy) is 3. The number of aromatic amines is 1. The molecule has 3 aromatic carbocycles. The van der Waals surface area contributed by atoms with Gasteiger partial charge in [-0.3, -0.25) is 14.5 Å². The second kappa shape index (κ2) is 10.8. The predicted octanol–water partition coefficient (Wildman–Crippen LogP) is 5.73. The number of carbonyl (C=O) groups is 2. The average molecular weight is 542 g/mol. The van der Waals surface area contributed by atoms with Crippen molar-refractivity contribution in [2.75, 3.05) is 25.7 Å². The fraction of sp³-hybridized carbons (Fsp3) is 0.258. The summed E-state index contributed by atoms with van der Waals surface area (Å²) >= 11 is 0. The van der Waals surface area contributed by atoms with Gasteiger partial charge >= 0.3 is 5.91 Å². The van der Waals surface area contributed by atoms with Crippen molar-refractivity contribution in [3.8, 4) is 17.2 Å². The number of aliphatic hydroxyl groups is 1. The zero-order valence-electron chi connectivity index (χ0n) is 23.0. The lowest BCUT2D eigenvalue weighted by Gasteiger charge is -2.23. The smallest absolute Gasteiger partial charge is 0.302 e. The third-order valence-corrected chi connectivity index (χ3v) is 6.99. The Bertz CT molecular complexity index is 1620. The normalized spacial score (nSPS) is 16.6. The minimum atomic E-state index is -0.942. The van der Waals surface area contributed by atoms with Crippen LogP contribution in [0.1, 0.15) is 49.4 Å². The number of anilines is 1. The molecule has 206 valence electrons. The molecule has 1 aromatic heterocycles. The van der Waals surface area contributed by atoms with Gasteiger partial charge in [0.15, 0.2) is 0 Å². The van der Waals surface area contributed by atoms with E-state index in [0.29, 0.717) is 46.0 Å². The molecule has 0 saturated carbocycles. The van der Waals surface area contributed by atoms with Crippen molar-refractivity contribution in [3.05, 3.63) is 82.9 Å². The third kappa shape index (κ3) is 4.64. The molecule has 40 heavy (non-hydrogen) atoms. The highest BCUT2D eigenvalue weighted by molar-refractivity contribution is 6.51. The number of imidazole rings is 1. The van der Waals surface area contributed by atoms with Crippen LogP contribution in [-0.4, -0.2) is 47.6 Å². The van der Waals surface area contributed by atoms with Crippen LogP contribution in [0.25, 0.3) is 16.8 Å². The first-order valence-electron chi connectivity index (χ1n) is 13.0. The Morgan fingerprint density at radius 1 is 1.00 bits per heavy atom. The van der Waals surface area contributed by atoms with Gasteiger partial charge in [-0.2, -0.15) is 0 Å². The molecule has 1 amide bonds. The molecule has 0 aliphatic carbocycles. The van der Waals surface area contributed by atoms with E-state index in [-0.39, 0.29) is 23.2 Å². The minimum absolute atomic E-state index is 0.0351. The maximum absolute atomic E-state index is 13.6. The van der Waals surface area contributed by atoms with Crippen LogP contribution in [0.3, 0.4) is 0 Å². The van der Waals surface area contributed by atoms with Gasteiger partial charge < -0.3 is 24.3 Å². The van der Waals surface area contributed by atoms with E-state index in [2.05, 4.69) is 9.97 Å². The number of fused-ring (bicyclic) bond motifs is 1. The average Bonchev–Trinajstić information content (AvgIpc) is 3.50. The Labute approximate surface area is 232 Å². The van der Waals surface area contributed by atoms with E-state index in [1.54, 1.807) is 74.9 Å². The molecule has 1 fully saturated rings. The lowest BCUT2D eigenvalue weighted by atomic mass is 9.93. The van der Waals surface area contributed by atoms with Gasteiger partial charge in [0.2, 0.25) is 5.95 Å². The summed E-state index contributed by atoms with van der Waals surface area (Å²) in [5.41, 5.74) is 3.10. The van der Waals surface area contributed by atoms with E-state index in [4.69, 9.17) is 14.2 Å². The molecule has 0 radical (unpaired) electrons. The number of nitrogens with zero attached hydrogens (tertiary/aromatic N) is 2. The molecule has 9 heteroatoms. The number of Topliss-reactive ketones (excluding diaryl/α,β-unsaturated/α-hetero) is 1. The minimum Gasteiger partial charge on any atom is -0.507 e. The van der Waals surface area contributed by atoms with Crippen LogP contribution >= 0.6 is 0 Å². The Morgan fingerprint density at radius 2 is 1.70 bits per heavy atom. The van der Waals surface area contributed by atoms with Crippen LogP contribution in [0.5, 0.6) is 17.2 Å².